The largest absolute Gasteiger partial charge is 0.385 e. The molecule has 1 unspecified atom stereocenters. The van der Waals surface area contributed by atoms with Gasteiger partial charge >= 0.3 is 0 Å². The first-order chi connectivity index (χ1) is 11.6. The zero-order valence-corrected chi connectivity index (χ0v) is 16.6. The predicted molar refractivity (Wildman–Crippen MR) is 106 cm³/mol. The average Bonchev–Trinajstić information content (AvgIpc) is 3.15. The zero-order chi connectivity index (χ0) is 16.7. The Kier molecular flexibility index (Phi) is 4.69. The molecule has 1 aliphatic heterocycles. The van der Waals surface area contributed by atoms with Gasteiger partial charge in [0.05, 0.1) is 19.6 Å². The van der Waals surface area contributed by atoms with Gasteiger partial charge in [-0.25, -0.2) is 0 Å². The number of aliphatic hydroxyl groups excluding tert-OH is 1. The van der Waals surface area contributed by atoms with Gasteiger partial charge < -0.3 is 14.6 Å². The van der Waals surface area contributed by atoms with E-state index < -0.39 is 0 Å². The van der Waals surface area contributed by atoms with Crippen LogP contribution in [0, 0.1) is 0 Å². The number of nitrogens with one attached hydrogen (secondary N) is 1. The molecule has 126 valence electrons. The summed E-state index contributed by atoms with van der Waals surface area (Å²) in [5.41, 5.74) is 2.36. The van der Waals surface area contributed by atoms with Gasteiger partial charge in [-0.15, -0.1) is 0 Å². The van der Waals surface area contributed by atoms with Gasteiger partial charge in [-0.3, -0.25) is 0 Å². The lowest BCUT2D eigenvalue weighted by Gasteiger charge is -2.18. The van der Waals surface area contributed by atoms with Crippen molar-refractivity contribution < 1.29 is 10.0 Å². The molecule has 4 rings (SSSR count). The third kappa shape index (κ3) is 3.15. The van der Waals surface area contributed by atoms with Crippen molar-refractivity contribution in [2.24, 2.45) is 0 Å². The highest BCUT2D eigenvalue weighted by atomic mass is 79.9. The van der Waals surface area contributed by atoms with Crippen LogP contribution >= 0.6 is 31.9 Å². The van der Waals surface area contributed by atoms with Crippen molar-refractivity contribution >= 4 is 53.7 Å². The van der Waals surface area contributed by atoms with E-state index in [1.54, 1.807) is 0 Å². The van der Waals surface area contributed by atoms with Gasteiger partial charge in [-0.2, -0.15) is 0 Å². The van der Waals surface area contributed by atoms with E-state index in [1.165, 1.54) is 52.6 Å². The number of hydrogen-bond acceptors (Lipinski definition) is 1. The summed E-state index contributed by atoms with van der Waals surface area (Å²) in [7, 11) is 0. The number of aromatic nitrogens is 1. The van der Waals surface area contributed by atoms with Gasteiger partial charge in [-0.05, 0) is 36.4 Å². The number of fused-ring (bicyclic) bond motifs is 3. The molecule has 0 bridgehead atoms. The van der Waals surface area contributed by atoms with Crippen LogP contribution in [0.1, 0.15) is 12.8 Å². The first kappa shape index (κ1) is 16.6. The minimum atomic E-state index is -0.316. The monoisotopic (exact) mass is 451 g/mol. The molecular formula is C19H21Br2N2O+. The molecule has 1 atom stereocenters. The fraction of sp³-hybridized carbons (Fsp3) is 0.368. The standard InChI is InChI=1S/C19H20Br2N2O/c20-13-3-5-18-16(9-13)17-10-14(21)4-6-19(17)23(18)12-15(24)11-22-7-1-2-8-22/h3-6,9-10,15,24H,1-2,7-8,11-12H2/p+1. The molecule has 0 amide bonds. The Labute approximate surface area is 158 Å². The van der Waals surface area contributed by atoms with Crippen LogP contribution in [0.5, 0.6) is 0 Å². The molecule has 3 aromatic rings. The van der Waals surface area contributed by atoms with Crippen LogP contribution in [-0.2, 0) is 6.54 Å². The van der Waals surface area contributed by atoms with E-state index in [2.05, 4.69) is 72.8 Å². The SMILES string of the molecule is OC(Cn1c2ccc(Br)cc2c2cc(Br)ccc21)C[NH+]1CCCC1. The quantitative estimate of drug-likeness (QED) is 0.624. The summed E-state index contributed by atoms with van der Waals surface area (Å²) >= 11 is 7.16. The van der Waals surface area contributed by atoms with Crippen molar-refractivity contribution in [3.8, 4) is 0 Å². The molecule has 5 heteroatoms. The minimum absolute atomic E-state index is 0.316. The van der Waals surface area contributed by atoms with Crippen molar-refractivity contribution in [3.63, 3.8) is 0 Å². The second-order valence-electron chi connectivity index (χ2n) is 6.75. The van der Waals surface area contributed by atoms with E-state index >= 15 is 0 Å². The number of halogens is 2. The fourth-order valence-electron chi connectivity index (χ4n) is 3.93. The Balaban J connectivity index is 1.75. The Morgan fingerprint density at radius 1 is 0.958 bits per heavy atom. The van der Waals surface area contributed by atoms with Crippen LogP contribution in [0.15, 0.2) is 45.3 Å². The molecule has 1 fully saturated rings. The number of nitrogens with zero attached hydrogens (tertiary/aromatic N) is 1. The molecule has 2 N–H and O–H groups in total. The van der Waals surface area contributed by atoms with Crippen LogP contribution in [0.25, 0.3) is 21.8 Å². The van der Waals surface area contributed by atoms with E-state index in [0.717, 1.165) is 15.5 Å². The first-order valence-electron chi connectivity index (χ1n) is 8.50. The lowest BCUT2D eigenvalue weighted by Crippen LogP contribution is -3.11. The van der Waals surface area contributed by atoms with Gasteiger partial charge in [0.1, 0.15) is 12.6 Å². The lowest BCUT2D eigenvalue weighted by molar-refractivity contribution is -0.890. The van der Waals surface area contributed by atoms with E-state index in [-0.39, 0.29) is 6.10 Å². The maximum Gasteiger partial charge on any atom is 0.121 e. The third-order valence-corrected chi connectivity index (χ3v) is 6.00. The Hall–Kier alpha value is -0.880. The van der Waals surface area contributed by atoms with Crippen LogP contribution in [0.2, 0.25) is 0 Å². The van der Waals surface area contributed by atoms with E-state index in [4.69, 9.17) is 0 Å². The van der Waals surface area contributed by atoms with Crippen LogP contribution in [0.4, 0.5) is 0 Å². The molecule has 0 spiro atoms. The summed E-state index contributed by atoms with van der Waals surface area (Å²) in [4.78, 5) is 1.54. The molecule has 1 saturated heterocycles. The smallest absolute Gasteiger partial charge is 0.121 e. The van der Waals surface area contributed by atoms with Crippen molar-refractivity contribution in [1.82, 2.24) is 4.57 Å². The summed E-state index contributed by atoms with van der Waals surface area (Å²) < 4.78 is 4.43. The highest BCUT2D eigenvalue weighted by molar-refractivity contribution is 9.10. The summed E-state index contributed by atoms with van der Waals surface area (Å²) in [6.07, 6.45) is 2.27. The summed E-state index contributed by atoms with van der Waals surface area (Å²) in [6, 6.07) is 12.8. The zero-order valence-electron chi connectivity index (χ0n) is 13.4. The predicted octanol–water partition coefficient (Wildman–Crippen LogP) is 3.36. The molecule has 0 radical (unpaired) electrons. The normalized spacial score (nSPS) is 17.1. The van der Waals surface area contributed by atoms with E-state index in [0.29, 0.717) is 6.54 Å². The first-order valence-corrected chi connectivity index (χ1v) is 10.1. The van der Waals surface area contributed by atoms with Crippen molar-refractivity contribution in [1.29, 1.82) is 0 Å². The second-order valence-corrected chi connectivity index (χ2v) is 8.58. The highest BCUT2D eigenvalue weighted by Gasteiger charge is 2.21. The number of benzene rings is 2. The molecule has 2 aromatic carbocycles. The van der Waals surface area contributed by atoms with Gasteiger partial charge in [0.2, 0.25) is 0 Å². The van der Waals surface area contributed by atoms with Gasteiger partial charge in [0.25, 0.3) is 0 Å². The summed E-state index contributed by atoms with van der Waals surface area (Å²) in [5, 5.41) is 13.1. The molecule has 2 heterocycles. The van der Waals surface area contributed by atoms with Crippen LogP contribution in [-0.4, -0.2) is 35.4 Å². The summed E-state index contributed by atoms with van der Waals surface area (Å²) in [5.74, 6) is 0. The van der Waals surface area contributed by atoms with Crippen molar-refractivity contribution in [2.75, 3.05) is 19.6 Å². The van der Waals surface area contributed by atoms with Gasteiger partial charge in [0, 0.05) is 43.6 Å². The summed E-state index contributed by atoms with van der Waals surface area (Å²) in [6.45, 7) is 3.88. The van der Waals surface area contributed by atoms with Crippen LogP contribution < -0.4 is 4.90 Å². The van der Waals surface area contributed by atoms with E-state index in [1.807, 2.05) is 0 Å². The number of rotatable bonds is 4. The molecule has 24 heavy (non-hydrogen) atoms. The lowest BCUT2D eigenvalue weighted by atomic mass is 10.2. The number of likely N-dealkylation sites (tertiary alicyclic amines) is 1. The molecule has 1 aliphatic rings. The number of aliphatic hydroxyl groups is 1. The average molecular weight is 453 g/mol. The van der Waals surface area contributed by atoms with Crippen molar-refractivity contribution in [3.05, 3.63) is 45.3 Å². The van der Waals surface area contributed by atoms with Crippen molar-refractivity contribution in [2.45, 2.75) is 25.5 Å². The molecule has 3 nitrogen and oxygen atoms in total. The molecule has 0 aliphatic carbocycles. The third-order valence-electron chi connectivity index (χ3n) is 5.02. The number of hydrogen-bond donors (Lipinski definition) is 2. The molecule has 0 saturated carbocycles. The number of quaternary nitrogens is 1. The Morgan fingerprint density at radius 2 is 1.50 bits per heavy atom. The topological polar surface area (TPSA) is 29.6 Å². The Bertz CT molecular complexity index is 825. The minimum Gasteiger partial charge on any atom is -0.385 e. The maximum atomic E-state index is 10.6. The highest BCUT2D eigenvalue weighted by Crippen LogP contribution is 2.33. The molecular weight excluding hydrogens is 432 g/mol. The van der Waals surface area contributed by atoms with Crippen LogP contribution in [0.3, 0.4) is 0 Å². The maximum absolute atomic E-state index is 10.6. The molecule has 1 aromatic heterocycles. The van der Waals surface area contributed by atoms with E-state index in [9.17, 15) is 5.11 Å². The fourth-order valence-corrected chi connectivity index (χ4v) is 4.66. The van der Waals surface area contributed by atoms with Gasteiger partial charge in [0.15, 0.2) is 0 Å². The van der Waals surface area contributed by atoms with Gasteiger partial charge in [-0.1, -0.05) is 31.9 Å². The Morgan fingerprint density at radius 3 is 2.04 bits per heavy atom. The second kappa shape index (κ2) is 6.79.